The van der Waals surface area contributed by atoms with E-state index >= 15 is 0 Å². The molecule has 0 aliphatic carbocycles. The van der Waals surface area contributed by atoms with Gasteiger partial charge in [-0.3, -0.25) is 9.69 Å². The normalized spacial score (nSPS) is 20.0. The number of hydrogen-bond donors (Lipinski definition) is 1. The molecule has 0 bridgehead atoms. The van der Waals surface area contributed by atoms with Crippen molar-refractivity contribution in [2.75, 3.05) is 33.9 Å². The van der Waals surface area contributed by atoms with E-state index in [1.54, 1.807) is 13.0 Å². The van der Waals surface area contributed by atoms with Crippen LogP contribution in [0.2, 0.25) is 0 Å². The molecule has 148 valence electrons. The van der Waals surface area contributed by atoms with Crippen molar-refractivity contribution in [2.24, 2.45) is 0 Å². The van der Waals surface area contributed by atoms with Crippen molar-refractivity contribution in [3.8, 4) is 11.5 Å². The van der Waals surface area contributed by atoms with Crippen LogP contribution in [0.15, 0.2) is 23.1 Å². The molecule has 27 heavy (non-hydrogen) atoms. The van der Waals surface area contributed by atoms with E-state index in [1.165, 1.54) is 30.7 Å². The van der Waals surface area contributed by atoms with Gasteiger partial charge in [-0.25, -0.2) is 13.2 Å². The summed E-state index contributed by atoms with van der Waals surface area (Å²) in [4.78, 5) is 25.7. The van der Waals surface area contributed by atoms with Crippen molar-refractivity contribution in [3.05, 3.63) is 18.2 Å². The first kappa shape index (κ1) is 19.4. The lowest BCUT2D eigenvalue weighted by Gasteiger charge is -2.36. The number of nitrogens with one attached hydrogen (secondary N) is 1. The van der Waals surface area contributed by atoms with Gasteiger partial charge in [-0.05, 0) is 31.9 Å². The van der Waals surface area contributed by atoms with Crippen LogP contribution in [0.3, 0.4) is 0 Å². The number of amides is 3. The predicted octanol–water partition coefficient (Wildman–Crippen LogP) is 0.799. The summed E-state index contributed by atoms with van der Waals surface area (Å²) in [5, 5.41) is 2.74. The molecule has 2 fully saturated rings. The zero-order valence-electron chi connectivity index (χ0n) is 15.5. The number of sulfonamides is 1. The fourth-order valence-electron chi connectivity index (χ4n) is 3.54. The second-order valence-corrected chi connectivity index (χ2v) is 8.39. The summed E-state index contributed by atoms with van der Waals surface area (Å²) in [5.41, 5.74) is -1.02. The zero-order valence-corrected chi connectivity index (χ0v) is 16.3. The first-order chi connectivity index (χ1) is 12.8. The second kappa shape index (κ2) is 7.01. The fourth-order valence-corrected chi connectivity index (χ4v) is 5.15. The van der Waals surface area contributed by atoms with Crippen LogP contribution in [0.4, 0.5) is 4.79 Å². The molecule has 0 aromatic heterocycles. The SMILES string of the molecule is CCN1C(=O)NC2(CCN(S(=O)(=O)c3cc(OC)ccc3OC)CC2)C1=O. The van der Waals surface area contributed by atoms with Crippen LogP contribution in [0, 0.1) is 0 Å². The quantitative estimate of drug-likeness (QED) is 0.737. The summed E-state index contributed by atoms with van der Waals surface area (Å²) < 4.78 is 37.9. The third-order valence-electron chi connectivity index (χ3n) is 5.13. The van der Waals surface area contributed by atoms with E-state index in [2.05, 4.69) is 5.32 Å². The van der Waals surface area contributed by atoms with Gasteiger partial charge in [0.25, 0.3) is 5.91 Å². The molecule has 2 heterocycles. The maximum atomic E-state index is 13.1. The summed E-state index contributed by atoms with van der Waals surface area (Å²) in [5.74, 6) is 0.337. The molecule has 0 atom stereocenters. The van der Waals surface area contributed by atoms with Crippen LogP contribution in [0.25, 0.3) is 0 Å². The van der Waals surface area contributed by atoms with E-state index in [1.807, 2.05) is 0 Å². The lowest BCUT2D eigenvalue weighted by molar-refractivity contribution is -0.132. The first-order valence-electron chi connectivity index (χ1n) is 8.65. The van der Waals surface area contributed by atoms with E-state index in [4.69, 9.17) is 9.47 Å². The van der Waals surface area contributed by atoms with E-state index in [-0.39, 0.29) is 49.0 Å². The van der Waals surface area contributed by atoms with Gasteiger partial charge in [-0.2, -0.15) is 4.31 Å². The summed E-state index contributed by atoms with van der Waals surface area (Å²) in [6, 6.07) is 4.15. The number of urea groups is 1. The summed E-state index contributed by atoms with van der Waals surface area (Å²) >= 11 is 0. The topological polar surface area (TPSA) is 105 Å². The van der Waals surface area contributed by atoms with Crippen LogP contribution >= 0.6 is 0 Å². The Kier molecular flexibility index (Phi) is 5.04. The maximum Gasteiger partial charge on any atom is 0.325 e. The largest absolute Gasteiger partial charge is 0.497 e. The molecule has 1 N–H and O–H groups in total. The molecule has 0 unspecified atom stereocenters. The molecule has 1 aromatic rings. The predicted molar refractivity (Wildman–Crippen MR) is 96.2 cm³/mol. The Morgan fingerprint density at radius 2 is 1.81 bits per heavy atom. The van der Waals surface area contributed by atoms with E-state index < -0.39 is 21.6 Å². The number of piperidine rings is 1. The highest BCUT2D eigenvalue weighted by Gasteiger charge is 2.53. The Morgan fingerprint density at radius 3 is 2.33 bits per heavy atom. The maximum absolute atomic E-state index is 13.1. The number of carbonyl (C=O) groups is 2. The highest BCUT2D eigenvalue weighted by molar-refractivity contribution is 7.89. The Hall–Kier alpha value is -2.33. The van der Waals surface area contributed by atoms with Gasteiger partial charge in [0, 0.05) is 25.7 Å². The number of imide groups is 1. The average Bonchev–Trinajstić information content (AvgIpc) is 2.90. The molecular weight excluding hydrogens is 374 g/mol. The minimum atomic E-state index is -3.84. The fraction of sp³-hybridized carbons (Fsp3) is 0.529. The van der Waals surface area contributed by atoms with E-state index in [0.29, 0.717) is 5.75 Å². The second-order valence-electron chi connectivity index (χ2n) is 6.48. The van der Waals surface area contributed by atoms with Crippen molar-refractivity contribution >= 4 is 22.0 Å². The number of likely N-dealkylation sites (N-methyl/N-ethyl adjacent to an activating group) is 1. The molecule has 3 rings (SSSR count). The number of ether oxygens (including phenoxy) is 2. The van der Waals surface area contributed by atoms with Crippen LogP contribution < -0.4 is 14.8 Å². The van der Waals surface area contributed by atoms with Gasteiger partial charge in [-0.15, -0.1) is 0 Å². The van der Waals surface area contributed by atoms with Crippen LogP contribution in [-0.2, 0) is 14.8 Å². The molecule has 2 aliphatic heterocycles. The standard InChI is InChI=1S/C17H23N3O6S/c1-4-20-15(21)17(18-16(20)22)7-9-19(10-8-17)27(23,24)14-11-12(25-2)5-6-13(14)26-3/h5-6,11H,4,7-10H2,1-3H3,(H,18,22). The number of rotatable bonds is 5. The molecule has 9 nitrogen and oxygen atoms in total. The van der Waals surface area contributed by atoms with E-state index in [0.717, 1.165) is 4.90 Å². The number of hydrogen-bond acceptors (Lipinski definition) is 6. The Bertz CT molecular complexity index is 861. The van der Waals surface area contributed by atoms with Crippen molar-refractivity contribution in [3.63, 3.8) is 0 Å². The Morgan fingerprint density at radius 1 is 1.15 bits per heavy atom. The zero-order chi connectivity index (χ0) is 19.8. The van der Waals surface area contributed by atoms with E-state index in [9.17, 15) is 18.0 Å². The summed E-state index contributed by atoms with van der Waals surface area (Å²) in [6.45, 7) is 2.25. The van der Waals surface area contributed by atoms with Crippen LogP contribution in [-0.4, -0.2) is 69.0 Å². The third kappa shape index (κ3) is 3.12. The minimum absolute atomic E-state index is 0.0114. The van der Waals surface area contributed by atoms with Crippen LogP contribution in [0.5, 0.6) is 11.5 Å². The molecule has 0 saturated carbocycles. The number of methoxy groups -OCH3 is 2. The molecule has 2 saturated heterocycles. The van der Waals surface area contributed by atoms with Crippen LogP contribution in [0.1, 0.15) is 19.8 Å². The Labute approximate surface area is 158 Å². The first-order valence-corrected chi connectivity index (χ1v) is 10.1. The third-order valence-corrected chi connectivity index (χ3v) is 7.05. The smallest absolute Gasteiger partial charge is 0.325 e. The van der Waals surface area contributed by atoms with Crippen molar-refractivity contribution in [1.82, 2.24) is 14.5 Å². The molecule has 1 spiro atoms. The summed E-state index contributed by atoms with van der Waals surface area (Å²) in [7, 11) is -0.987. The van der Waals surface area contributed by atoms with Crippen molar-refractivity contribution in [1.29, 1.82) is 0 Å². The number of benzene rings is 1. The molecule has 1 aromatic carbocycles. The van der Waals surface area contributed by atoms with Gasteiger partial charge >= 0.3 is 6.03 Å². The van der Waals surface area contributed by atoms with Gasteiger partial charge in [-0.1, -0.05) is 0 Å². The van der Waals surface area contributed by atoms with Crippen molar-refractivity contribution < 1.29 is 27.5 Å². The van der Waals surface area contributed by atoms with Crippen molar-refractivity contribution in [2.45, 2.75) is 30.2 Å². The Balaban J connectivity index is 1.84. The lowest BCUT2D eigenvalue weighted by Crippen LogP contribution is -2.55. The monoisotopic (exact) mass is 397 g/mol. The van der Waals surface area contributed by atoms with Gasteiger partial charge in [0.15, 0.2) is 0 Å². The van der Waals surface area contributed by atoms with Gasteiger partial charge in [0.1, 0.15) is 21.9 Å². The highest BCUT2D eigenvalue weighted by Crippen LogP contribution is 2.35. The molecule has 10 heteroatoms. The molecule has 3 amide bonds. The highest BCUT2D eigenvalue weighted by atomic mass is 32.2. The molecule has 0 radical (unpaired) electrons. The lowest BCUT2D eigenvalue weighted by atomic mass is 9.88. The molecule has 2 aliphatic rings. The number of nitrogens with zero attached hydrogens (tertiary/aromatic N) is 2. The van der Waals surface area contributed by atoms with Gasteiger partial charge in [0.2, 0.25) is 10.0 Å². The minimum Gasteiger partial charge on any atom is -0.497 e. The number of carbonyl (C=O) groups excluding carboxylic acids is 2. The molecular formula is C17H23N3O6S. The summed E-state index contributed by atoms with van der Waals surface area (Å²) in [6.07, 6.45) is 0.444. The van der Waals surface area contributed by atoms with Gasteiger partial charge in [0.05, 0.1) is 14.2 Å². The van der Waals surface area contributed by atoms with Gasteiger partial charge < -0.3 is 14.8 Å². The average molecular weight is 397 g/mol.